The minimum atomic E-state index is 0.672. The summed E-state index contributed by atoms with van der Waals surface area (Å²) < 4.78 is 5.96. The van der Waals surface area contributed by atoms with Crippen molar-refractivity contribution in [2.24, 2.45) is 5.92 Å². The lowest BCUT2D eigenvalue weighted by Gasteiger charge is -2.17. The Hall–Kier alpha value is -2.25. The molecule has 1 unspecified atom stereocenters. The highest BCUT2D eigenvalue weighted by atomic mass is 35.5. The lowest BCUT2D eigenvalue weighted by molar-refractivity contribution is 0.481. The average molecular weight is 377 g/mol. The zero-order valence-electron chi connectivity index (χ0n) is 15.5. The predicted molar refractivity (Wildman–Crippen MR) is 113 cm³/mol. The summed E-state index contributed by atoms with van der Waals surface area (Å²) in [5, 5.41) is 0.823. The second-order valence-corrected chi connectivity index (χ2v) is 7.89. The van der Waals surface area contributed by atoms with Crippen molar-refractivity contribution in [3.05, 3.63) is 95.0 Å². The number of hydrogen-bond acceptors (Lipinski definition) is 1. The largest absolute Gasteiger partial charge is 0.457 e. The standard InChI is InChI=1S/C25H25ClO/c26-22-16-14-21(15-17-22)25(20-12-13-20)11-5-7-19-6-4-10-24(18-19)27-23-8-2-1-3-9-23/h1-4,6,8-10,14-18,20,25H,5,7,11-13H2. The zero-order valence-corrected chi connectivity index (χ0v) is 16.2. The third kappa shape index (κ3) is 5.14. The summed E-state index contributed by atoms with van der Waals surface area (Å²) in [4.78, 5) is 0. The summed E-state index contributed by atoms with van der Waals surface area (Å²) in [6, 6.07) is 26.9. The summed E-state index contributed by atoms with van der Waals surface area (Å²) in [7, 11) is 0. The van der Waals surface area contributed by atoms with Crippen molar-refractivity contribution in [3.63, 3.8) is 0 Å². The molecule has 1 nitrogen and oxygen atoms in total. The van der Waals surface area contributed by atoms with Crippen molar-refractivity contribution >= 4 is 11.6 Å². The molecule has 0 heterocycles. The van der Waals surface area contributed by atoms with Gasteiger partial charge < -0.3 is 4.74 Å². The fraction of sp³-hybridized carbons (Fsp3) is 0.280. The first-order valence-electron chi connectivity index (χ1n) is 9.85. The van der Waals surface area contributed by atoms with Gasteiger partial charge in [-0.1, -0.05) is 54.1 Å². The molecule has 3 aromatic carbocycles. The normalized spacial score (nSPS) is 14.7. The van der Waals surface area contributed by atoms with E-state index in [1.807, 2.05) is 48.5 Å². The maximum Gasteiger partial charge on any atom is 0.127 e. The topological polar surface area (TPSA) is 9.23 Å². The fourth-order valence-electron chi connectivity index (χ4n) is 3.80. The molecule has 0 bridgehead atoms. The summed E-state index contributed by atoms with van der Waals surface area (Å²) in [5.41, 5.74) is 2.79. The van der Waals surface area contributed by atoms with Crippen LogP contribution in [0, 0.1) is 5.92 Å². The number of para-hydroxylation sites is 1. The first kappa shape index (κ1) is 18.1. The van der Waals surface area contributed by atoms with Crippen molar-refractivity contribution in [2.75, 3.05) is 0 Å². The molecular weight excluding hydrogens is 352 g/mol. The SMILES string of the molecule is Clc1ccc(C(CCCc2cccc(Oc3ccccc3)c2)C2CC2)cc1. The first-order chi connectivity index (χ1) is 13.3. The number of rotatable bonds is 8. The Morgan fingerprint density at radius 3 is 2.33 bits per heavy atom. The molecule has 27 heavy (non-hydrogen) atoms. The van der Waals surface area contributed by atoms with E-state index in [0.717, 1.165) is 28.9 Å². The predicted octanol–water partition coefficient (Wildman–Crippen LogP) is 7.65. The summed E-state index contributed by atoms with van der Waals surface area (Å²) in [5.74, 6) is 3.33. The van der Waals surface area contributed by atoms with Gasteiger partial charge >= 0.3 is 0 Å². The van der Waals surface area contributed by atoms with Gasteiger partial charge in [0.2, 0.25) is 0 Å². The fourth-order valence-corrected chi connectivity index (χ4v) is 3.92. The summed E-state index contributed by atoms with van der Waals surface area (Å²) in [6.07, 6.45) is 6.25. The van der Waals surface area contributed by atoms with E-state index < -0.39 is 0 Å². The zero-order chi connectivity index (χ0) is 18.5. The first-order valence-corrected chi connectivity index (χ1v) is 10.2. The van der Waals surface area contributed by atoms with Gasteiger partial charge in [-0.2, -0.15) is 0 Å². The molecule has 1 aliphatic rings. The number of halogens is 1. The molecule has 4 rings (SSSR count). The van der Waals surface area contributed by atoms with E-state index in [4.69, 9.17) is 16.3 Å². The van der Waals surface area contributed by atoms with Crippen LogP contribution in [0.15, 0.2) is 78.9 Å². The Morgan fingerprint density at radius 2 is 1.59 bits per heavy atom. The van der Waals surface area contributed by atoms with Crippen LogP contribution < -0.4 is 4.74 Å². The highest BCUT2D eigenvalue weighted by Gasteiger charge is 2.31. The van der Waals surface area contributed by atoms with Crippen molar-refractivity contribution in [2.45, 2.75) is 38.0 Å². The third-order valence-corrected chi connectivity index (χ3v) is 5.60. The Kier molecular flexibility index (Phi) is 5.79. The third-order valence-electron chi connectivity index (χ3n) is 5.35. The van der Waals surface area contributed by atoms with Crippen LogP contribution in [0.5, 0.6) is 11.5 Å². The van der Waals surface area contributed by atoms with Crippen LogP contribution in [0.4, 0.5) is 0 Å². The van der Waals surface area contributed by atoms with E-state index in [2.05, 4.69) is 30.3 Å². The average Bonchev–Trinajstić information content (AvgIpc) is 3.52. The molecule has 138 valence electrons. The monoisotopic (exact) mass is 376 g/mol. The molecule has 0 aliphatic heterocycles. The Labute approximate surface area is 167 Å². The minimum absolute atomic E-state index is 0.672. The maximum atomic E-state index is 6.06. The van der Waals surface area contributed by atoms with Crippen molar-refractivity contribution in [1.29, 1.82) is 0 Å². The second kappa shape index (κ2) is 8.63. The summed E-state index contributed by atoms with van der Waals surface area (Å²) >= 11 is 6.06. The van der Waals surface area contributed by atoms with Gasteiger partial charge in [0.15, 0.2) is 0 Å². The highest BCUT2D eigenvalue weighted by Crippen LogP contribution is 2.45. The van der Waals surface area contributed by atoms with Crippen molar-refractivity contribution in [3.8, 4) is 11.5 Å². The molecule has 1 aliphatic carbocycles. The van der Waals surface area contributed by atoms with Gasteiger partial charge in [-0.05, 0) is 91.5 Å². The molecule has 0 N–H and O–H groups in total. The number of aryl methyl sites for hydroxylation is 1. The number of ether oxygens (including phenoxy) is 1. The van der Waals surface area contributed by atoms with Crippen LogP contribution in [0.3, 0.4) is 0 Å². The molecule has 0 saturated heterocycles. The molecule has 2 heteroatoms. The van der Waals surface area contributed by atoms with Gasteiger partial charge in [0, 0.05) is 5.02 Å². The van der Waals surface area contributed by atoms with Crippen molar-refractivity contribution < 1.29 is 4.74 Å². The molecule has 1 saturated carbocycles. The molecule has 0 amide bonds. The molecule has 0 aromatic heterocycles. The number of benzene rings is 3. The van der Waals surface area contributed by atoms with Gasteiger partial charge in [0.05, 0.1) is 0 Å². The molecule has 0 radical (unpaired) electrons. The van der Waals surface area contributed by atoms with E-state index >= 15 is 0 Å². The van der Waals surface area contributed by atoms with E-state index in [1.165, 1.54) is 36.8 Å². The quantitative estimate of drug-likeness (QED) is 0.392. The minimum Gasteiger partial charge on any atom is -0.457 e. The Morgan fingerprint density at radius 1 is 0.852 bits per heavy atom. The van der Waals surface area contributed by atoms with Crippen LogP contribution >= 0.6 is 11.6 Å². The molecule has 1 atom stereocenters. The van der Waals surface area contributed by atoms with Gasteiger partial charge in [-0.3, -0.25) is 0 Å². The molecule has 1 fully saturated rings. The van der Waals surface area contributed by atoms with Gasteiger partial charge in [-0.25, -0.2) is 0 Å². The Bertz CT molecular complexity index is 853. The maximum absolute atomic E-state index is 6.06. The lowest BCUT2D eigenvalue weighted by atomic mass is 9.88. The highest BCUT2D eigenvalue weighted by molar-refractivity contribution is 6.30. The van der Waals surface area contributed by atoms with Gasteiger partial charge in [-0.15, -0.1) is 0 Å². The second-order valence-electron chi connectivity index (χ2n) is 7.45. The van der Waals surface area contributed by atoms with Crippen LogP contribution in [-0.2, 0) is 6.42 Å². The summed E-state index contributed by atoms with van der Waals surface area (Å²) in [6.45, 7) is 0. The van der Waals surface area contributed by atoms with Crippen molar-refractivity contribution in [1.82, 2.24) is 0 Å². The Balaban J connectivity index is 1.35. The molecule has 0 spiro atoms. The smallest absolute Gasteiger partial charge is 0.127 e. The molecular formula is C25H25ClO. The number of hydrogen-bond donors (Lipinski definition) is 0. The van der Waals surface area contributed by atoms with Crippen LogP contribution in [0.2, 0.25) is 5.02 Å². The van der Waals surface area contributed by atoms with Crippen LogP contribution in [-0.4, -0.2) is 0 Å². The van der Waals surface area contributed by atoms with E-state index in [-0.39, 0.29) is 0 Å². The van der Waals surface area contributed by atoms with Gasteiger partial charge in [0.25, 0.3) is 0 Å². The van der Waals surface area contributed by atoms with Crippen LogP contribution in [0.1, 0.15) is 42.7 Å². The van der Waals surface area contributed by atoms with Crippen LogP contribution in [0.25, 0.3) is 0 Å². The van der Waals surface area contributed by atoms with Gasteiger partial charge in [0.1, 0.15) is 11.5 Å². The van der Waals surface area contributed by atoms with E-state index in [9.17, 15) is 0 Å². The van der Waals surface area contributed by atoms with E-state index in [1.54, 1.807) is 0 Å². The van der Waals surface area contributed by atoms with E-state index in [0.29, 0.717) is 5.92 Å². The molecule has 3 aromatic rings. The lowest BCUT2D eigenvalue weighted by Crippen LogP contribution is -2.02.